The van der Waals surface area contributed by atoms with Gasteiger partial charge >= 0.3 is 0 Å². The van der Waals surface area contributed by atoms with Gasteiger partial charge < -0.3 is 4.33 Å². The lowest BCUT2D eigenvalue weighted by Crippen LogP contribution is -1.88. The molecule has 0 saturated heterocycles. The molecule has 0 amide bonds. The van der Waals surface area contributed by atoms with Crippen molar-refractivity contribution in [2.45, 2.75) is 0 Å². The number of aryl methyl sites for hydroxylation is 1. The monoisotopic (exact) mass is 200 g/mol. The second-order valence-corrected chi connectivity index (χ2v) is 4.10. The highest BCUT2D eigenvalue weighted by atomic mass is 31.0. The van der Waals surface area contributed by atoms with Crippen LogP contribution in [0, 0.1) is 11.3 Å². The average molecular weight is 200 g/mol. The fraction of sp³-hybridized carbons (Fsp3) is 0.0909. The first-order valence-corrected chi connectivity index (χ1v) is 5.22. The van der Waals surface area contributed by atoms with Crippen molar-refractivity contribution in [2.75, 3.05) is 0 Å². The zero-order valence-electron chi connectivity index (χ0n) is 7.81. The molecule has 2 nitrogen and oxygen atoms in total. The van der Waals surface area contributed by atoms with Gasteiger partial charge in [-0.25, -0.2) is 0 Å². The van der Waals surface area contributed by atoms with Crippen LogP contribution in [-0.2, 0) is 7.05 Å². The van der Waals surface area contributed by atoms with Crippen molar-refractivity contribution in [3.63, 3.8) is 0 Å². The molecule has 14 heavy (non-hydrogen) atoms. The van der Waals surface area contributed by atoms with E-state index in [2.05, 4.69) is 11.9 Å². The molecule has 1 heterocycles. The summed E-state index contributed by atoms with van der Waals surface area (Å²) >= 11 is 0. The van der Waals surface area contributed by atoms with Crippen molar-refractivity contribution >= 4 is 8.35 Å². The molecular weight excluding hydrogens is 191 g/mol. The first kappa shape index (κ1) is 8.99. The Balaban J connectivity index is 2.59. The van der Waals surface area contributed by atoms with Crippen molar-refractivity contribution in [3.05, 3.63) is 41.8 Å². The van der Waals surface area contributed by atoms with Crippen LogP contribution in [0.25, 0.3) is 11.1 Å². The van der Waals surface area contributed by atoms with E-state index in [1.54, 1.807) is 0 Å². The molecule has 0 aliphatic rings. The van der Waals surface area contributed by atoms with Crippen molar-refractivity contribution in [2.24, 2.45) is 7.05 Å². The summed E-state index contributed by atoms with van der Waals surface area (Å²) < 4.78 is 1.93. The minimum absolute atomic E-state index is 0.748. The minimum Gasteiger partial charge on any atom is -0.318 e. The molecule has 2 rings (SSSR count). The Morgan fingerprint density at radius 1 is 1.29 bits per heavy atom. The van der Waals surface area contributed by atoms with Crippen LogP contribution in [-0.4, -0.2) is 4.33 Å². The molecule has 0 radical (unpaired) electrons. The summed E-state index contributed by atoms with van der Waals surface area (Å²) in [6, 6.07) is 12.2. The number of benzene rings is 1. The van der Waals surface area contributed by atoms with E-state index < -0.39 is 0 Å². The Morgan fingerprint density at radius 2 is 2.00 bits per heavy atom. The largest absolute Gasteiger partial charge is 0.318 e. The topological polar surface area (TPSA) is 28.7 Å². The lowest BCUT2D eigenvalue weighted by atomic mass is 10.1. The van der Waals surface area contributed by atoms with Gasteiger partial charge in [-0.1, -0.05) is 30.3 Å². The zero-order chi connectivity index (χ0) is 9.97. The van der Waals surface area contributed by atoms with Crippen LogP contribution in [0.4, 0.5) is 0 Å². The maximum atomic E-state index is 8.99. The molecule has 0 aliphatic carbocycles. The number of aromatic nitrogens is 1. The van der Waals surface area contributed by atoms with Gasteiger partial charge in [-0.15, -0.1) is 0 Å². The third-order valence-corrected chi connectivity index (χ3v) is 3.05. The SMILES string of the molecule is Cn1pcc(-c2ccccc2)c1C#N. The maximum absolute atomic E-state index is 8.99. The highest BCUT2D eigenvalue weighted by Crippen LogP contribution is 2.28. The first-order valence-electron chi connectivity index (χ1n) is 4.30. The van der Waals surface area contributed by atoms with Crippen molar-refractivity contribution in [1.82, 2.24) is 4.33 Å². The van der Waals surface area contributed by atoms with E-state index in [0.717, 1.165) is 25.2 Å². The summed E-state index contributed by atoms with van der Waals surface area (Å²) in [6.07, 6.45) is 0. The average Bonchev–Trinajstić information content (AvgIpc) is 2.61. The molecular formula is C11H9N2P. The van der Waals surface area contributed by atoms with Gasteiger partial charge in [0.15, 0.2) is 0 Å². The van der Waals surface area contributed by atoms with Crippen LogP contribution >= 0.6 is 8.35 Å². The number of nitrogens with zero attached hydrogens (tertiary/aromatic N) is 2. The van der Waals surface area contributed by atoms with E-state index in [1.165, 1.54) is 0 Å². The Kier molecular flexibility index (Phi) is 2.35. The van der Waals surface area contributed by atoms with Gasteiger partial charge in [0.05, 0.1) is 0 Å². The van der Waals surface area contributed by atoms with Crippen LogP contribution in [0.2, 0.25) is 0 Å². The Labute approximate surface area is 84.6 Å². The summed E-state index contributed by atoms with van der Waals surface area (Å²) in [5, 5.41) is 8.99. The lowest BCUT2D eigenvalue weighted by Gasteiger charge is -1.98. The van der Waals surface area contributed by atoms with Crippen LogP contribution in [0.15, 0.2) is 36.1 Å². The summed E-state index contributed by atoms with van der Waals surface area (Å²) in [4.78, 5) is 0. The third-order valence-electron chi connectivity index (χ3n) is 2.13. The molecule has 1 aromatic heterocycles. The van der Waals surface area contributed by atoms with Crippen molar-refractivity contribution in [1.29, 1.82) is 5.26 Å². The highest BCUT2D eigenvalue weighted by molar-refractivity contribution is 7.25. The minimum atomic E-state index is 0.748. The predicted octanol–water partition coefficient (Wildman–Crippen LogP) is 3.14. The number of hydrogen-bond acceptors (Lipinski definition) is 1. The standard InChI is InChI=1S/C11H9N2P/c1-13-11(7-12)10(8-14-13)9-5-3-2-4-6-9/h2-6,8H,1H3. The van der Waals surface area contributed by atoms with Gasteiger partial charge in [0.1, 0.15) is 11.8 Å². The lowest BCUT2D eigenvalue weighted by molar-refractivity contribution is 1.01. The van der Waals surface area contributed by atoms with E-state index in [9.17, 15) is 0 Å². The van der Waals surface area contributed by atoms with Crippen LogP contribution in [0.5, 0.6) is 0 Å². The Bertz CT molecular complexity index is 480. The van der Waals surface area contributed by atoms with Gasteiger partial charge in [0.2, 0.25) is 0 Å². The summed E-state index contributed by atoms with van der Waals surface area (Å²) in [7, 11) is 2.99. The fourth-order valence-electron chi connectivity index (χ4n) is 1.40. The van der Waals surface area contributed by atoms with Crippen molar-refractivity contribution < 1.29 is 0 Å². The molecule has 68 valence electrons. The van der Waals surface area contributed by atoms with E-state index in [-0.39, 0.29) is 0 Å². The van der Waals surface area contributed by atoms with E-state index >= 15 is 0 Å². The van der Waals surface area contributed by atoms with E-state index in [0.29, 0.717) is 0 Å². The molecule has 2 aromatic rings. The maximum Gasteiger partial charge on any atom is 0.131 e. The van der Waals surface area contributed by atoms with E-state index in [1.807, 2.05) is 41.7 Å². The molecule has 3 heteroatoms. The second kappa shape index (κ2) is 3.65. The number of rotatable bonds is 1. The summed E-state index contributed by atoms with van der Waals surface area (Å²) in [6.45, 7) is 0. The molecule has 0 aliphatic heterocycles. The first-order chi connectivity index (χ1) is 6.83. The molecule has 0 saturated carbocycles. The zero-order valence-corrected chi connectivity index (χ0v) is 8.70. The third kappa shape index (κ3) is 1.43. The van der Waals surface area contributed by atoms with Gasteiger partial charge in [0.25, 0.3) is 0 Å². The Hall–Kier alpha value is -1.58. The van der Waals surface area contributed by atoms with Gasteiger partial charge in [-0.3, -0.25) is 0 Å². The van der Waals surface area contributed by atoms with E-state index in [4.69, 9.17) is 5.26 Å². The molecule has 0 unspecified atom stereocenters. The number of nitriles is 1. The molecule has 0 bridgehead atoms. The number of hydrogen-bond donors (Lipinski definition) is 0. The Morgan fingerprint density at radius 3 is 2.64 bits per heavy atom. The summed E-state index contributed by atoms with van der Waals surface area (Å²) in [5.74, 6) is 2.06. The van der Waals surface area contributed by atoms with Gasteiger partial charge in [-0.05, 0) is 11.4 Å². The van der Waals surface area contributed by atoms with Crippen LogP contribution in [0.3, 0.4) is 0 Å². The quantitative estimate of drug-likeness (QED) is 0.695. The molecule has 0 spiro atoms. The normalized spacial score (nSPS) is 10.3. The predicted molar refractivity (Wildman–Crippen MR) is 58.1 cm³/mol. The summed E-state index contributed by atoms with van der Waals surface area (Å²) in [5.41, 5.74) is 2.90. The molecule has 1 aromatic carbocycles. The van der Waals surface area contributed by atoms with Crippen molar-refractivity contribution in [3.8, 4) is 17.2 Å². The highest BCUT2D eigenvalue weighted by Gasteiger charge is 2.07. The molecule has 0 atom stereocenters. The fourth-order valence-corrected chi connectivity index (χ4v) is 2.23. The van der Waals surface area contributed by atoms with Gasteiger partial charge in [0, 0.05) is 21.0 Å². The second-order valence-electron chi connectivity index (χ2n) is 3.01. The van der Waals surface area contributed by atoms with Gasteiger partial charge in [-0.2, -0.15) is 5.26 Å². The van der Waals surface area contributed by atoms with Crippen LogP contribution in [0.1, 0.15) is 5.69 Å². The molecule has 0 N–H and O–H groups in total. The smallest absolute Gasteiger partial charge is 0.131 e. The molecule has 0 fully saturated rings. The van der Waals surface area contributed by atoms with Crippen LogP contribution < -0.4 is 0 Å².